The van der Waals surface area contributed by atoms with Crippen molar-refractivity contribution in [1.82, 2.24) is 10.3 Å². The van der Waals surface area contributed by atoms with Gasteiger partial charge in [0.2, 0.25) is 0 Å². The van der Waals surface area contributed by atoms with Gasteiger partial charge in [0.05, 0.1) is 18.5 Å². The number of benzene rings is 2. The Kier molecular flexibility index (Phi) is 6.82. The van der Waals surface area contributed by atoms with Crippen LogP contribution in [0.25, 0.3) is 32.6 Å². The number of ether oxygens (including phenoxy) is 1. The molecule has 0 saturated carbocycles. The van der Waals surface area contributed by atoms with E-state index in [-0.39, 0.29) is 5.91 Å². The number of carbonyl (C=O) groups excluding carboxylic acids is 1. The van der Waals surface area contributed by atoms with Crippen LogP contribution >= 0.6 is 11.3 Å². The molecule has 0 spiro atoms. The summed E-state index contributed by atoms with van der Waals surface area (Å²) < 4.78 is 5.33. The zero-order valence-electron chi connectivity index (χ0n) is 19.8. The van der Waals surface area contributed by atoms with Crippen molar-refractivity contribution >= 4 is 33.1 Å². The number of nitrogens with one attached hydrogen (secondary N) is 1. The number of carbonyl (C=O) groups is 1. The summed E-state index contributed by atoms with van der Waals surface area (Å²) in [5, 5.41) is 3.89. The van der Waals surface area contributed by atoms with Gasteiger partial charge in [0.15, 0.2) is 0 Å². The zero-order chi connectivity index (χ0) is 24.2. The summed E-state index contributed by atoms with van der Waals surface area (Å²) in [6, 6.07) is 20.0. The van der Waals surface area contributed by atoms with Crippen molar-refractivity contribution in [1.29, 1.82) is 0 Å². The molecular weight excluding hydrogens is 454 g/mol. The Hall–Kier alpha value is -3.64. The number of nitrogen functional groups attached to an aromatic ring is 1. The summed E-state index contributed by atoms with van der Waals surface area (Å²) in [4.78, 5) is 19.3. The number of pyridine rings is 1. The molecule has 4 aromatic rings. The number of rotatable bonds is 7. The second-order valence-electron chi connectivity index (χ2n) is 8.79. The molecular formula is C29H29N3O2S. The molecule has 0 bridgehead atoms. The van der Waals surface area contributed by atoms with Crippen LogP contribution in [0.3, 0.4) is 0 Å². The monoisotopic (exact) mass is 483 g/mol. The fourth-order valence-electron chi connectivity index (χ4n) is 4.59. The van der Waals surface area contributed by atoms with Crippen molar-refractivity contribution in [2.45, 2.75) is 32.1 Å². The summed E-state index contributed by atoms with van der Waals surface area (Å²) in [6.07, 6.45) is 8.01. The second-order valence-corrected chi connectivity index (χ2v) is 9.79. The van der Waals surface area contributed by atoms with Crippen LogP contribution in [-0.4, -0.2) is 24.5 Å². The number of anilines is 1. The molecule has 2 heterocycles. The molecule has 178 valence electrons. The number of methoxy groups -OCH3 is 1. The van der Waals surface area contributed by atoms with Crippen molar-refractivity contribution in [3.63, 3.8) is 0 Å². The molecule has 3 N–H and O–H groups in total. The van der Waals surface area contributed by atoms with E-state index >= 15 is 0 Å². The third kappa shape index (κ3) is 4.93. The molecule has 0 atom stereocenters. The van der Waals surface area contributed by atoms with E-state index in [0.717, 1.165) is 57.6 Å². The Balaban J connectivity index is 1.52. The Bertz CT molecular complexity index is 1370. The molecule has 0 saturated heterocycles. The lowest BCUT2D eigenvalue weighted by Crippen LogP contribution is -2.24. The van der Waals surface area contributed by atoms with Gasteiger partial charge >= 0.3 is 0 Å². The Morgan fingerprint density at radius 1 is 1.09 bits per heavy atom. The van der Waals surface area contributed by atoms with Crippen molar-refractivity contribution in [3.8, 4) is 28.1 Å². The molecule has 2 aromatic carbocycles. The van der Waals surface area contributed by atoms with Crippen LogP contribution in [0.1, 0.15) is 41.8 Å². The molecule has 6 heteroatoms. The maximum Gasteiger partial charge on any atom is 0.263 e. The SMILES string of the molecule is COc1ccc(-c2cc(-c3ccccc3)nc3sc(C(=O)NCCC4=CCCCC4)c(N)c23)cc1. The Labute approximate surface area is 209 Å². The number of hydrogen-bond donors (Lipinski definition) is 2. The molecule has 0 unspecified atom stereocenters. The molecule has 1 amide bonds. The number of nitrogens with zero attached hydrogens (tertiary/aromatic N) is 1. The van der Waals surface area contributed by atoms with E-state index in [2.05, 4.69) is 17.5 Å². The molecule has 35 heavy (non-hydrogen) atoms. The van der Waals surface area contributed by atoms with Gasteiger partial charge in [-0.3, -0.25) is 4.79 Å². The van der Waals surface area contributed by atoms with Crippen LogP contribution in [0, 0.1) is 0 Å². The lowest BCUT2D eigenvalue weighted by molar-refractivity contribution is 0.0959. The van der Waals surface area contributed by atoms with Gasteiger partial charge < -0.3 is 15.8 Å². The summed E-state index contributed by atoms with van der Waals surface area (Å²) in [5.74, 6) is 0.651. The third-order valence-corrected chi connectivity index (χ3v) is 7.59. The van der Waals surface area contributed by atoms with Crippen molar-refractivity contribution < 1.29 is 9.53 Å². The predicted octanol–water partition coefficient (Wildman–Crippen LogP) is 6.84. The lowest BCUT2D eigenvalue weighted by atomic mass is 9.97. The Morgan fingerprint density at radius 2 is 1.89 bits per heavy atom. The molecule has 2 aromatic heterocycles. The minimum atomic E-state index is -0.135. The highest BCUT2D eigenvalue weighted by molar-refractivity contribution is 7.21. The average Bonchev–Trinajstić information content (AvgIpc) is 3.25. The van der Waals surface area contributed by atoms with Gasteiger partial charge in [0, 0.05) is 17.5 Å². The first kappa shape index (κ1) is 23.1. The van der Waals surface area contributed by atoms with Gasteiger partial charge in [-0.1, -0.05) is 54.1 Å². The van der Waals surface area contributed by atoms with Crippen LogP contribution in [-0.2, 0) is 0 Å². The highest BCUT2D eigenvalue weighted by Gasteiger charge is 2.21. The molecule has 0 aliphatic heterocycles. The van der Waals surface area contributed by atoms with E-state index in [9.17, 15) is 4.79 Å². The van der Waals surface area contributed by atoms with Gasteiger partial charge in [0.25, 0.3) is 5.91 Å². The minimum Gasteiger partial charge on any atom is -0.497 e. The smallest absolute Gasteiger partial charge is 0.263 e. The van der Waals surface area contributed by atoms with E-state index in [4.69, 9.17) is 15.5 Å². The van der Waals surface area contributed by atoms with Crippen LogP contribution in [0.5, 0.6) is 5.75 Å². The zero-order valence-corrected chi connectivity index (χ0v) is 20.7. The second kappa shape index (κ2) is 10.3. The number of nitrogens with two attached hydrogens (primary N) is 1. The topological polar surface area (TPSA) is 77.2 Å². The van der Waals surface area contributed by atoms with Crippen LogP contribution in [0.2, 0.25) is 0 Å². The van der Waals surface area contributed by atoms with E-state index < -0.39 is 0 Å². The normalized spacial score (nSPS) is 13.5. The minimum absolute atomic E-state index is 0.135. The molecule has 0 fully saturated rings. The van der Waals surface area contributed by atoms with E-state index in [1.807, 2.05) is 54.6 Å². The molecule has 5 nitrogen and oxygen atoms in total. The van der Waals surface area contributed by atoms with Gasteiger partial charge in [-0.25, -0.2) is 4.98 Å². The number of allylic oxidation sites excluding steroid dienone is 1. The largest absolute Gasteiger partial charge is 0.497 e. The van der Waals surface area contributed by atoms with Crippen molar-refractivity contribution in [2.24, 2.45) is 0 Å². The van der Waals surface area contributed by atoms with Crippen LogP contribution in [0.4, 0.5) is 5.69 Å². The fraction of sp³-hybridized carbons (Fsp3) is 0.241. The number of hydrogen-bond acceptors (Lipinski definition) is 5. The van der Waals surface area contributed by atoms with E-state index in [1.54, 1.807) is 7.11 Å². The van der Waals surface area contributed by atoms with Gasteiger partial charge in [-0.15, -0.1) is 11.3 Å². The van der Waals surface area contributed by atoms with E-state index in [0.29, 0.717) is 17.1 Å². The lowest BCUT2D eigenvalue weighted by Gasteiger charge is -2.12. The number of fused-ring (bicyclic) bond motifs is 1. The molecule has 1 aliphatic carbocycles. The number of thiophene rings is 1. The first-order valence-corrected chi connectivity index (χ1v) is 12.8. The predicted molar refractivity (Wildman–Crippen MR) is 145 cm³/mol. The quantitative estimate of drug-likeness (QED) is 0.282. The molecule has 0 radical (unpaired) electrons. The third-order valence-electron chi connectivity index (χ3n) is 6.49. The van der Waals surface area contributed by atoms with Gasteiger partial charge in [-0.2, -0.15) is 0 Å². The summed E-state index contributed by atoms with van der Waals surface area (Å²) in [5.41, 5.74) is 12.4. The van der Waals surface area contributed by atoms with Crippen molar-refractivity contribution in [3.05, 3.63) is 77.2 Å². The summed E-state index contributed by atoms with van der Waals surface area (Å²) in [6.45, 7) is 0.617. The molecule has 1 aliphatic rings. The van der Waals surface area contributed by atoms with Gasteiger partial charge in [-0.05, 0) is 61.4 Å². The highest BCUT2D eigenvalue weighted by atomic mass is 32.1. The summed E-state index contributed by atoms with van der Waals surface area (Å²) in [7, 11) is 1.65. The van der Waals surface area contributed by atoms with Gasteiger partial charge in [0.1, 0.15) is 15.5 Å². The van der Waals surface area contributed by atoms with Crippen LogP contribution in [0.15, 0.2) is 72.3 Å². The average molecular weight is 484 g/mol. The fourth-order valence-corrected chi connectivity index (χ4v) is 5.63. The highest BCUT2D eigenvalue weighted by Crippen LogP contribution is 2.41. The van der Waals surface area contributed by atoms with E-state index in [1.165, 1.54) is 29.8 Å². The first-order chi connectivity index (χ1) is 17.1. The Morgan fingerprint density at radius 3 is 2.60 bits per heavy atom. The number of amides is 1. The maximum atomic E-state index is 13.1. The standard InChI is InChI=1S/C29H29N3O2S/c1-34-22-14-12-20(13-15-22)23-18-24(21-10-6-3-7-11-21)32-29-25(23)26(30)27(35-29)28(33)31-17-16-19-8-4-2-5-9-19/h3,6-8,10-15,18H,2,4-5,9,16-17,30H2,1H3,(H,31,33). The molecule has 5 rings (SSSR count). The number of aromatic nitrogens is 1. The van der Waals surface area contributed by atoms with Crippen LogP contribution < -0.4 is 15.8 Å². The van der Waals surface area contributed by atoms with Crippen molar-refractivity contribution in [2.75, 3.05) is 19.4 Å². The maximum absolute atomic E-state index is 13.1. The first-order valence-electron chi connectivity index (χ1n) is 12.0. The summed E-state index contributed by atoms with van der Waals surface area (Å²) >= 11 is 1.36.